The fourth-order valence-electron chi connectivity index (χ4n) is 2.69. The first-order chi connectivity index (χ1) is 16.2. The highest BCUT2D eigenvalue weighted by molar-refractivity contribution is 6.36. The molecule has 1 amide bonds. The molecule has 0 aliphatic rings. The highest BCUT2D eigenvalue weighted by atomic mass is 35.5. The van der Waals surface area contributed by atoms with Crippen molar-refractivity contribution in [3.63, 3.8) is 0 Å². The number of hydrazone groups is 1. The Morgan fingerprint density at radius 1 is 1.09 bits per heavy atom. The third kappa shape index (κ3) is 6.77. The first-order valence-corrected chi connectivity index (χ1v) is 10.5. The van der Waals surface area contributed by atoms with Gasteiger partial charge in [-0.1, -0.05) is 29.3 Å². The normalized spacial score (nSPS) is 10.7. The van der Waals surface area contributed by atoms with Gasteiger partial charge < -0.3 is 9.47 Å². The maximum Gasteiger partial charge on any atom is 0.345 e. The second-order valence-corrected chi connectivity index (χ2v) is 7.74. The molecule has 0 aliphatic carbocycles. The van der Waals surface area contributed by atoms with Crippen LogP contribution in [-0.2, 0) is 4.79 Å². The van der Waals surface area contributed by atoms with Crippen LogP contribution < -0.4 is 14.9 Å². The summed E-state index contributed by atoms with van der Waals surface area (Å²) in [6.45, 7) is 1.26. The van der Waals surface area contributed by atoms with Gasteiger partial charge in [-0.3, -0.25) is 14.9 Å². The van der Waals surface area contributed by atoms with Gasteiger partial charge in [0, 0.05) is 11.1 Å². The summed E-state index contributed by atoms with van der Waals surface area (Å²) in [5.74, 6) is -0.967. The molecule has 0 aliphatic heterocycles. The Kier molecular flexibility index (Phi) is 8.18. The molecule has 34 heavy (non-hydrogen) atoms. The molecule has 0 saturated carbocycles. The van der Waals surface area contributed by atoms with Crippen LogP contribution in [0.1, 0.15) is 21.5 Å². The lowest BCUT2D eigenvalue weighted by molar-refractivity contribution is -0.385. The average molecular weight is 502 g/mol. The SMILES string of the molecule is Cc1ccc(OCC(=O)N/N=C\c2ccc(OC(=O)c3ccc(Cl)cc3Cl)cc2)c([N+](=O)[O-])c1. The third-order valence-electron chi connectivity index (χ3n) is 4.31. The summed E-state index contributed by atoms with van der Waals surface area (Å²) in [5, 5.41) is 15.5. The highest BCUT2D eigenvalue weighted by Crippen LogP contribution is 2.27. The molecule has 0 unspecified atom stereocenters. The van der Waals surface area contributed by atoms with Crippen molar-refractivity contribution < 1.29 is 24.0 Å². The zero-order valence-electron chi connectivity index (χ0n) is 17.7. The molecule has 0 heterocycles. The van der Waals surface area contributed by atoms with E-state index in [1.54, 1.807) is 37.3 Å². The van der Waals surface area contributed by atoms with Crippen molar-refractivity contribution in [2.24, 2.45) is 5.10 Å². The van der Waals surface area contributed by atoms with E-state index in [1.165, 1.54) is 36.5 Å². The lowest BCUT2D eigenvalue weighted by Gasteiger charge is -2.07. The number of halogens is 2. The van der Waals surface area contributed by atoms with Gasteiger partial charge in [-0.05, 0) is 66.6 Å². The zero-order valence-corrected chi connectivity index (χ0v) is 19.2. The van der Waals surface area contributed by atoms with Crippen molar-refractivity contribution in [2.45, 2.75) is 6.92 Å². The molecule has 174 valence electrons. The number of hydrogen-bond acceptors (Lipinski definition) is 7. The number of carbonyl (C=O) groups is 2. The van der Waals surface area contributed by atoms with Gasteiger partial charge in [0.1, 0.15) is 5.75 Å². The Balaban J connectivity index is 1.51. The molecule has 0 atom stereocenters. The van der Waals surface area contributed by atoms with E-state index in [-0.39, 0.29) is 27.8 Å². The van der Waals surface area contributed by atoms with E-state index in [0.29, 0.717) is 16.1 Å². The van der Waals surface area contributed by atoms with Crippen LogP contribution in [0.25, 0.3) is 0 Å². The molecule has 9 nitrogen and oxygen atoms in total. The molecule has 0 spiro atoms. The van der Waals surface area contributed by atoms with Crippen LogP contribution in [0.2, 0.25) is 10.0 Å². The summed E-state index contributed by atoms with van der Waals surface area (Å²) in [6, 6.07) is 15.2. The predicted octanol–water partition coefficient (Wildman–Crippen LogP) is 4.96. The van der Waals surface area contributed by atoms with Gasteiger partial charge >= 0.3 is 11.7 Å². The minimum absolute atomic E-state index is 0.0141. The zero-order chi connectivity index (χ0) is 24.7. The van der Waals surface area contributed by atoms with Crippen LogP contribution >= 0.6 is 23.2 Å². The minimum Gasteiger partial charge on any atom is -0.477 e. The van der Waals surface area contributed by atoms with Crippen LogP contribution in [0.5, 0.6) is 11.5 Å². The highest BCUT2D eigenvalue weighted by Gasteiger charge is 2.16. The van der Waals surface area contributed by atoms with E-state index >= 15 is 0 Å². The lowest BCUT2D eigenvalue weighted by atomic mass is 10.2. The summed E-state index contributed by atoms with van der Waals surface area (Å²) in [6.07, 6.45) is 1.37. The molecule has 0 radical (unpaired) electrons. The second-order valence-electron chi connectivity index (χ2n) is 6.89. The van der Waals surface area contributed by atoms with Gasteiger partial charge in [-0.15, -0.1) is 0 Å². The molecule has 11 heteroatoms. The first kappa shape index (κ1) is 24.7. The van der Waals surface area contributed by atoms with Crippen LogP contribution in [0.4, 0.5) is 5.69 Å². The van der Waals surface area contributed by atoms with Crippen molar-refractivity contribution in [1.82, 2.24) is 5.43 Å². The van der Waals surface area contributed by atoms with E-state index in [2.05, 4.69) is 10.5 Å². The smallest absolute Gasteiger partial charge is 0.345 e. The number of nitro groups is 1. The number of nitrogens with one attached hydrogen (secondary N) is 1. The van der Waals surface area contributed by atoms with Crippen LogP contribution in [0.3, 0.4) is 0 Å². The maximum absolute atomic E-state index is 12.2. The van der Waals surface area contributed by atoms with Crippen molar-refractivity contribution in [3.05, 3.63) is 97.5 Å². The fraction of sp³-hybridized carbons (Fsp3) is 0.0870. The van der Waals surface area contributed by atoms with Crippen LogP contribution in [0, 0.1) is 17.0 Å². The van der Waals surface area contributed by atoms with E-state index in [4.69, 9.17) is 32.7 Å². The van der Waals surface area contributed by atoms with Gasteiger partial charge in [-0.2, -0.15) is 5.10 Å². The maximum atomic E-state index is 12.2. The van der Waals surface area contributed by atoms with E-state index in [0.717, 1.165) is 0 Å². The van der Waals surface area contributed by atoms with Gasteiger partial charge in [0.2, 0.25) is 0 Å². The largest absolute Gasteiger partial charge is 0.477 e. The standard InChI is InChI=1S/C23H17Cl2N3O6/c1-14-2-9-21(20(10-14)28(31)32)33-13-22(29)27-26-12-15-3-6-17(7-4-15)34-23(30)18-8-5-16(24)11-19(18)25/h2-12H,13H2,1H3,(H,27,29)/b26-12-. The first-order valence-electron chi connectivity index (χ1n) is 9.70. The summed E-state index contributed by atoms with van der Waals surface area (Å²) in [4.78, 5) is 34.7. The van der Waals surface area contributed by atoms with E-state index < -0.39 is 23.4 Å². The predicted molar refractivity (Wildman–Crippen MR) is 127 cm³/mol. The number of ether oxygens (including phenoxy) is 2. The summed E-state index contributed by atoms with van der Waals surface area (Å²) in [7, 11) is 0. The third-order valence-corrected chi connectivity index (χ3v) is 4.86. The number of aryl methyl sites for hydroxylation is 1. The Bertz CT molecular complexity index is 1260. The number of hydrogen-bond donors (Lipinski definition) is 1. The molecule has 0 saturated heterocycles. The molecule has 0 bridgehead atoms. The fourth-order valence-corrected chi connectivity index (χ4v) is 3.17. The monoisotopic (exact) mass is 501 g/mol. The number of carbonyl (C=O) groups excluding carboxylic acids is 2. The second kappa shape index (κ2) is 11.3. The molecule has 3 aromatic carbocycles. The molecular weight excluding hydrogens is 485 g/mol. The number of amides is 1. The molecule has 0 fully saturated rings. The molecule has 0 aromatic heterocycles. The Morgan fingerprint density at radius 3 is 2.50 bits per heavy atom. The molecule has 3 aromatic rings. The molecule has 1 N–H and O–H groups in total. The minimum atomic E-state index is -0.635. The molecular formula is C23H17Cl2N3O6. The number of esters is 1. The summed E-state index contributed by atoms with van der Waals surface area (Å²) < 4.78 is 10.5. The van der Waals surface area contributed by atoms with Crippen molar-refractivity contribution >= 4 is 47.0 Å². The van der Waals surface area contributed by atoms with Crippen molar-refractivity contribution in [1.29, 1.82) is 0 Å². The van der Waals surface area contributed by atoms with E-state index in [1.807, 2.05) is 0 Å². The average Bonchev–Trinajstić information content (AvgIpc) is 2.79. The van der Waals surface area contributed by atoms with Gasteiger partial charge in [-0.25, -0.2) is 10.2 Å². The summed E-state index contributed by atoms with van der Waals surface area (Å²) in [5.41, 5.74) is 3.53. The number of rotatable bonds is 8. The van der Waals surface area contributed by atoms with Gasteiger partial charge in [0.25, 0.3) is 5.91 Å². The van der Waals surface area contributed by atoms with Gasteiger partial charge in [0.05, 0.1) is 21.7 Å². The number of benzene rings is 3. The topological polar surface area (TPSA) is 120 Å². The Hall–Kier alpha value is -3.95. The number of nitro benzene ring substituents is 1. The van der Waals surface area contributed by atoms with Crippen molar-refractivity contribution in [3.8, 4) is 11.5 Å². The number of nitrogens with zero attached hydrogens (tertiary/aromatic N) is 2. The van der Waals surface area contributed by atoms with Crippen LogP contribution in [0.15, 0.2) is 65.8 Å². The lowest BCUT2D eigenvalue weighted by Crippen LogP contribution is -2.24. The summed E-state index contributed by atoms with van der Waals surface area (Å²) >= 11 is 11.8. The Morgan fingerprint density at radius 2 is 1.82 bits per heavy atom. The van der Waals surface area contributed by atoms with Crippen LogP contribution in [-0.4, -0.2) is 29.6 Å². The van der Waals surface area contributed by atoms with E-state index in [9.17, 15) is 19.7 Å². The Labute approximate surface area is 204 Å². The molecule has 3 rings (SSSR count). The quantitative estimate of drug-likeness (QED) is 0.153. The van der Waals surface area contributed by atoms with Gasteiger partial charge in [0.15, 0.2) is 12.4 Å². The van der Waals surface area contributed by atoms with Crippen molar-refractivity contribution in [2.75, 3.05) is 6.61 Å².